The molecule has 1 unspecified atom stereocenters. The zero-order valence-corrected chi connectivity index (χ0v) is 5.78. The van der Waals surface area contributed by atoms with Crippen LogP contribution in [0.2, 0.25) is 0 Å². The summed E-state index contributed by atoms with van der Waals surface area (Å²) in [5, 5.41) is 10.2. The van der Waals surface area contributed by atoms with Crippen molar-refractivity contribution < 1.29 is 0 Å². The lowest BCUT2D eigenvalue weighted by atomic mass is 10.1. The van der Waals surface area contributed by atoms with E-state index in [-0.39, 0.29) is 0 Å². The second-order valence-corrected chi connectivity index (χ2v) is 2.14. The molecule has 1 atom stereocenters. The maximum Gasteiger partial charge on any atom is 0.00990 e. The first kappa shape index (κ1) is 7.63. The van der Waals surface area contributed by atoms with Crippen LogP contribution in [0, 0.1) is 11.3 Å². The van der Waals surface area contributed by atoms with Gasteiger partial charge < -0.3 is 10.7 Å². The topological polar surface area (TPSA) is 35.9 Å². The molecule has 2 N–H and O–H groups in total. The molecule has 0 aliphatic carbocycles. The van der Waals surface area contributed by atoms with E-state index in [4.69, 9.17) is 5.41 Å². The molecule has 0 rings (SSSR count). The first-order valence-corrected chi connectivity index (χ1v) is 2.88. The van der Waals surface area contributed by atoms with Crippen LogP contribution in [0.5, 0.6) is 0 Å². The molecule has 0 radical (unpaired) electrons. The zero-order chi connectivity index (χ0) is 6.57. The van der Waals surface area contributed by atoms with Gasteiger partial charge in [-0.05, 0) is 14.0 Å². The molecule has 0 saturated heterocycles. The van der Waals surface area contributed by atoms with Crippen LogP contribution in [0.1, 0.15) is 13.8 Å². The summed E-state index contributed by atoms with van der Waals surface area (Å²) in [5.41, 5.74) is 0.749. The van der Waals surface area contributed by atoms with E-state index in [1.165, 1.54) is 0 Å². The Morgan fingerprint density at radius 2 is 2.25 bits per heavy atom. The van der Waals surface area contributed by atoms with Crippen molar-refractivity contribution in [1.82, 2.24) is 5.32 Å². The molecule has 0 fully saturated rings. The first-order chi connectivity index (χ1) is 3.68. The smallest absolute Gasteiger partial charge is 0.00990 e. The molecular weight excluding hydrogens is 100 g/mol. The van der Waals surface area contributed by atoms with Crippen molar-refractivity contribution in [2.45, 2.75) is 13.8 Å². The molecule has 0 aromatic rings. The van der Waals surface area contributed by atoms with Crippen LogP contribution in [-0.2, 0) is 0 Å². The van der Waals surface area contributed by atoms with E-state index < -0.39 is 0 Å². The fraction of sp³-hybridized carbons (Fsp3) is 0.833. The van der Waals surface area contributed by atoms with Crippen LogP contribution in [0.15, 0.2) is 0 Å². The fourth-order valence-corrected chi connectivity index (χ4v) is 0.459. The number of nitrogens with one attached hydrogen (secondary N) is 2. The van der Waals surface area contributed by atoms with E-state index in [2.05, 4.69) is 5.32 Å². The lowest BCUT2D eigenvalue weighted by Gasteiger charge is -2.06. The zero-order valence-electron chi connectivity index (χ0n) is 5.78. The summed E-state index contributed by atoms with van der Waals surface area (Å²) in [6, 6.07) is 0. The van der Waals surface area contributed by atoms with E-state index in [0.717, 1.165) is 12.3 Å². The molecule has 48 valence electrons. The van der Waals surface area contributed by atoms with Crippen LogP contribution in [-0.4, -0.2) is 19.3 Å². The van der Waals surface area contributed by atoms with Crippen molar-refractivity contribution >= 4 is 5.71 Å². The minimum atomic E-state index is 0.389. The van der Waals surface area contributed by atoms with Crippen molar-refractivity contribution in [2.24, 2.45) is 5.92 Å². The van der Waals surface area contributed by atoms with Crippen LogP contribution >= 0.6 is 0 Å². The molecule has 0 bridgehead atoms. The average Bonchev–Trinajstić information content (AvgIpc) is 1.67. The molecule has 0 aromatic carbocycles. The summed E-state index contributed by atoms with van der Waals surface area (Å²) in [5.74, 6) is 0.389. The van der Waals surface area contributed by atoms with Gasteiger partial charge in [0.1, 0.15) is 0 Å². The second-order valence-electron chi connectivity index (χ2n) is 2.14. The third kappa shape index (κ3) is 2.75. The molecule has 0 aromatic heterocycles. The Balaban J connectivity index is 3.32. The summed E-state index contributed by atoms with van der Waals surface area (Å²) < 4.78 is 0. The average molecular weight is 114 g/mol. The summed E-state index contributed by atoms with van der Waals surface area (Å²) in [4.78, 5) is 0. The largest absolute Gasteiger partial charge is 0.319 e. The van der Waals surface area contributed by atoms with Gasteiger partial charge in [0.2, 0.25) is 0 Å². The summed E-state index contributed by atoms with van der Waals surface area (Å²) in [6.45, 7) is 4.79. The Morgan fingerprint density at radius 3 is 2.38 bits per heavy atom. The molecular formula is C6H14N2. The maximum atomic E-state index is 7.16. The lowest BCUT2D eigenvalue weighted by molar-refractivity contribution is 0.675. The van der Waals surface area contributed by atoms with Crippen molar-refractivity contribution in [3.05, 3.63) is 0 Å². The van der Waals surface area contributed by atoms with E-state index in [0.29, 0.717) is 5.92 Å². The van der Waals surface area contributed by atoms with E-state index in [9.17, 15) is 0 Å². The van der Waals surface area contributed by atoms with Gasteiger partial charge in [0.25, 0.3) is 0 Å². The molecule has 0 spiro atoms. The van der Waals surface area contributed by atoms with Crippen LogP contribution < -0.4 is 5.32 Å². The Bertz CT molecular complexity index is 78.6. The molecule has 0 aliphatic rings. The minimum Gasteiger partial charge on any atom is -0.319 e. The third-order valence-electron chi connectivity index (χ3n) is 1.25. The third-order valence-corrected chi connectivity index (χ3v) is 1.25. The summed E-state index contributed by atoms with van der Waals surface area (Å²) >= 11 is 0. The Labute approximate surface area is 50.8 Å². The van der Waals surface area contributed by atoms with Crippen molar-refractivity contribution in [3.8, 4) is 0 Å². The van der Waals surface area contributed by atoms with Gasteiger partial charge in [-0.1, -0.05) is 6.92 Å². The highest BCUT2D eigenvalue weighted by molar-refractivity contribution is 5.80. The maximum absolute atomic E-state index is 7.16. The highest BCUT2D eigenvalue weighted by Crippen LogP contribution is 1.92. The summed E-state index contributed by atoms with van der Waals surface area (Å²) in [6.07, 6.45) is 0. The van der Waals surface area contributed by atoms with Gasteiger partial charge in [-0.25, -0.2) is 0 Å². The molecule has 2 heteroatoms. The number of hydrogen-bond donors (Lipinski definition) is 2. The van der Waals surface area contributed by atoms with Crippen molar-refractivity contribution in [1.29, 1.82) is 5.41 Å². The quantitative estimate of drug-likeness (QED) is 0.525. The Morgan fingerprint density at radius 1 is 1.75 bits per heavy atom. The number of hydrogen-bond acceptors (Lipinski definition) is 2. The number of rotatable bonds is 3. The highest BCUT2D eigenvalue weighted by Gasteiger charge is 1.99. The van der Waals surface area contributed by atoms with Gasteiger partial charge in [0.05, 0.1) is 0 Å². The molecule has 8 heavy (non-hydrogen) atoms. The van der Waals surface area contributed by atoms with E-state index in [1.807, 2.05) is 20.9 Å². The Hall–Kier alpha value is -0.370. The van der Waals surface area contributed by atoms with E-state index in [1.54, 1.807) is 0 Å². The second kappa shape index (κ2) is 3.61. The van der Waals surface area contributed by atoms with Gasteiger partial charge in [-0.2, -0.15) is 0 Å². The molecule has 2 nitrogen and oxygen atoms in total. The van der Waals surface area contributed by atoms with Gasteiger partial charge >= 0.3 is 0 Å². The van der Waals surface area contributed by atoms with Crippen LogP contribution in [0.4, 0.5) is 0 Å². The van der Waals surface area contributed by atoms with Crippen molar-refractivity contribution in [3.63, 3.8) is 0 Å². The molecule has 0 aliphatic heterocycles. The molecule has 0 saturated carbocycles. The SMILES string of the molecule is CNCC(C)C(C)=N. The summed E-state index contributed by atoms with van der Waals surface area (Å²) in [7, 11) is 1.90. The van der Waals surface area contributed by atoms with Gasteiger partial charge in [0.15, 0.2) is 0 Å². The van der Waals surface area contributed by atoms with Crippen LogP contribution in [0.25, 0.3) is 0 Å². The predicted molar refractivity (Wildman–Crippen MR) is 36.5 cm³/mol. The Kier molecular flexibility index (Phi) is 3.44. The van der Waals surface area contributed by atoms with E-state index >= 15 is 0 Å². The van der Waals surface area contributed by atoms with Gasteiger partial charge in [-0.15, -0.1) is 0 Å². The predicted octanol–water partition coefficient (Wildman–Crippen LogP) is 0.882. The van der Waals surface area contributed by atoms with Gasteiger partial charge in [0, 0.05) is 18.2 Å². The fourth-order valence-electron chi connectivity index (χ4n) is 0.459. The lowest BCUT2D eigenvalue weighted by Crippen LogP contribution is -2.20. The van der Waals surface area contributed by atoms with Crippen LogP contribution in [0.3, 0.4) is 0 Å². The normalized spacial score (nSPS) is 13.4. The van der Waals surface area contributed by atoms with Gasteiger partial charge in [-0.3, -0.25) is 0 Å². The molecule has 0 amide bonds. The molecule has 0 heterocycles. The standard InChI is InChI=1S/C6H14N2/c1-5(4-8-3)6(2)7/h5,7-8H,4H2,1-3H3. The van der Waals surface area contributed by atoms with Crippen molar-refractivity contribution in [2.75, 3.05) is 13.6 Å². The minimum absolute atomic E-state index is 0.389. The first-order valence-electron chi connectivity index (χ1n) is 2.88. The monoisotopic (exact) mass is 114 g/mol. The highest BCUT2D eigenvalue weighted by atomic mass is 14.8.